The Morgan fingerprint density at radius 1 is 1.10 bits per heavy atom. The molecule has 3 heterocycles. The van der Waals surface area contributed by atoms with Gasteiger partial charge in [0.15, 0.2) is 5.13 Å². The number of aryl methyl sites for hydroxylation is 2. The molecule has 3 atom stereocenters. The number of nitrogens with two attached hydrogens (primary N) is 1. The standard InChI is InChI=1S/C30H42N8O2S/c1-17-6-7-22(28(31)27-19(3)18(2)20(27)4)14-23(17)35-29(40)24-16-32-30(41-24)36-25-15-26(34-21(5)33-25)38-10-8-37(9-11-38)12-13-39/h6-7,14-16,18-20,27-28,39H,8-13,31H2,1-5H3,(H,35,40)(H,32,33,34,36). The number of benzene rings is 1. The Balaban J connectivity index is 1.24. The molecular weight excluding hydrogens is 536 g/mol. The Morgan fingerprint density at radius 3 is 2.54 bits per heavy atom. The van der Waals surface area contributed by atoms with Gasteiger partial charge in [-0.25, -0.2) is 15.0 Å². The van der Waals surface area contributed by atoms with Gasteiger partial charge in [-0.1, -0.05) is 44.2 Å². The molecule has 0 spiro atoms. The zero-order chi connectivity index (χ0) is 29.3. The van der Waals surface area contributed by atoms with Crippen molar-refractivity contribution in [1.29, 1.82) is 0 Å². The van der Waals surface area contributed by atoms with Crippen molar-refractivity contribution in [1.82, 2.24) is 19.9 Å². The zero-order valence-electron chi connectivity index (χ0n) is 24.6. The number of carbonyl (C=O) groups is 1. The van der Waals surface area contributed by atoms with Crippen LogP contribution in [0.25, 0.3) is 0 Å². The Hall–Kier alpha value is -3.12. The van der Waals surface area contributed by atoms with Crippen LogP contribution in [0.5, 0.6) is 0 Å². The van der Waals surface area contributed by atoms with Crippen LogP contribution < -0.4 is 21.3 Å². The summed E-state index contributed by atoms with van der Waals surface area (Å²) in [5.74, 6) is 4.22. The van der Waals surface area contributed by atoms with E-state index in [2.05, 4.69) is 62.2 Å². The van der Waals surface area contributed by atoms with Crippen molar-refractivity contribution in [3.05, 3.63) is 52.3 Å². The van der Waals surface area contributed by atoms with Gasteiger partial charge in [-0.15, -0.1) is 0 Å². The molecule has 11 heteroatoms. The molecule has 3 unspecified atom stereocenters. The smallest absolute Gasteiger partial charge is 0.267 e. The Labute approximate surface area is 246 Å². The predicted molar refractivity (Wildman–Crippen MR) is 165 cm³/mol. The van der Waals surface area contributed by atoms with E-state index in [1.165, 1.54) is 11.3 Å². The molecule has 41 heavy (non-hydrogen) atoms. The molecule has 2 aromatic heterocycles. The molecule has 5 N–H and O–H groups in total. The number of hydrogen-bond donors (Lipinski definition) is 4. The van der Waals surface area contributed by atoms with Crippen molar-refractivity contribution >= 4 is 39.7 Å². The number of aliphatic hydroxyl groups excluding tert-OH is 1. The van der Waals surface area contributed by atoms with Gasteiger partial charge in [0.2, 0.25) is 0 Å². The van der Waals surface area contributed by atoms with Gasteiger partial charge in [0.25, 0.3) is 5.91 Å². The van der Waals surface area contributed by atoms with E-state index in [1.807, 2.05) is 32.0 Å². The van der Waals surface area contributed by atoms with Crippen LogP contribution in [0.3, 0.4) is 0 Å². The second-order valence-electron chi connectivity index (χ2n) is 11.6. The Kier molecular flexibility index (Phi) is 8.88. The fraction of sp³-hybridized carbons (Fsp3) is 0.533. The van der Waals surface area contributed by atoms with Gasteiger partial charge in [-0.05, 0) is 54.7 Å². The maximum Gasteiger partial charge on any atom is 0.267 e. The van der Waals surface area contributed by atoms with Crippen molar-refractivity contribution in [2.24, 2.45) is 29.4 Å². The molecule has 1 saturated carbocycles. The lowest BCUT2D eigenvalue weighted by atomic mass is 9.56. The maximum atomic E-state index is 13.2. The first-order valence-corrected chi connectivity index (χ1v) is 15.3. The van der Waals surface area contributed by atoms with Crippen molar-refractivity contribution in [3.8, 4) is 0 Å². The number of hydrogen-bond acceptors (Lipinski definition) is 10. The van der Waals surface area contributed by atoms with Crippen LogP contribution in [0.15, 0.2) is 30.5 Å². The highest BCUT2D eigenvalue weighted by Gasteiger charge is 2.45. The van der Waals surface area contributed by atoms with Crippen LogP contribution in [0, 0.1) is 37.5 Å². The monoisotopic (exact) mass is 578 g/mol. The number of aliphatic hydroxyl groups is 1. The van der Waals surface area contributed by atoms with Crippen LogP contribution in [-0.2, 0) is 0 Å². The fourth-order valence-corrected chi connectivity index (χ4v) is 6.94. The lowest BCUT2D eigenvalue weighted by Crippen LogP contribution is -2.47. The van der Waals surface area contributed by atoms with Gasteiger partial charge < -0.3 is 26.4 Å². The minimum absolute atomic E-state index is 0.0581. The molecule has 10 nitrogen and oxygen atoms in total. The van der Waals surface area contributed by atoms with Crippen LogP contribution in [0.2, 0.25) is 0 Å². The number of β-amino-alcohol motifs (C(OH)–C–C–N with tert-alkyl or cyclic N) is 1. The largest absolute Gasteiger partial charge is 0.395 e. The number of anilines is 4. The second-order valence-corrected chi connectivity index (χ2v) is 12.6. The third-order valence-corrected chi connectivity index (χ3v) is 10.00. The summed E-state index contributed by atoms with van der Waals surface area (Å²) in [7, 11) is 0. The summed E-state index contributed by atoms with van der Waals surface area (Å²) < 4.78 is 0. The van der Waals surface area contributed by atoms with Crippen molar-refractivity contribution in [2.75, 3.05) is 54.9 Å². The molecule has 0 radical (unpaired) electrons. The van der Waals surface area contributed by atoms with Gasteiger partial charge in [0, 0.05) is 50.5 Å². The molecule has 2 aliphatic rings. The third-order valence-electron chi connectivity index (χ3n) is 9.08. The summed E-state index contributed by atoms with van der Waals surface area (Å²) >= 11 is 1.28. The molecular formula is C30H42N8O2S. The Bertz CT molecular complexity index is 1360. The first-order valence-electron chi connectivity index (χ1n) is 14.5. The average molecular weight is 579 g/mol. The van der Waals surface area contributed by atoms with E-state index in [9.17, 15) is 9.90 Å². The van der Waals surface area contributed by atoms with Crippen molar-refractivity contribution in [2.45, 2.75) is 40.7 Å². The first-order chi connectivity index (χ1) is 19.6. The van der Waals surface area contributed by atoms with Crippen molar-refractivity contribution < 1.29 is 9.90 Å². The molecule has 3 aromatic rings. The molecule has 1 aromatic carbocycles. The summed E-state index contributed by atoms with van der Waals surface area (Å²) in [6.45, 7) is 15.0. The number of amides is 1. The molecule has 1 saturated heterocycles. The number of piperazine rings is 1. The summed E-state index contributed by atoms with van der Waals surface area (Å²) in [4.78, 5) is 31.8. The maximum absolute atomic E-state index is 13.2. The molecule has 1 aliphatic heterocycles. The molecule has 1 aliphatic carbocycles. The van der Waals surface area contributed by atoms with E-state index in [0.29, 0.717) is 51.9 Å². The van der Waals surface area contributed by atoms with Crippen LogP contribution in [0.1, 0.15) is 53.4 Å². The molecule has 1 amide bonds. The zero-order valence-corrected chi connectivity index (χ0v) is 25.4. The van der Waals surface area contributed by atoms with Crippen molar-refractivity contribution in [3.63, 3.8) is 0 Å². The topological polar surface area (TPSA) is 133 Å². The highest BCUT2D eigenvalue weighted by molar-refractivity contribution is 7.17. The molecule has 0 bridgehead atoms. The van der Waals surface area contributed by atoms with Gasteiger partial charge in [-0.3, -0.25) is 9.69 Å². The van der Waals surface area contributed by atoms with Gasteiger partial charge >= 0.3 is 0 Å². The predicted octanol–water partition coefficient (Wildman–Crippen LogP) is 4.20. The number of aromatic nitrogens is 3. The number of thiazole rings is 1. The highest BCUT2D eigenvalue weighted by atomic mass is 32.1. The number of rotatable bonds is 9. The third kappa shape index (κ3) is 6.38. The lowest BCUT2D eigenvalue weighted by Gasteiger charge is -2.50. The summed E-state index contributed by atoms with van der Waals surface area (Å²) in [6, 6.07) is 7.99. The average Bonchev–Trinajstić information content (AvgIpc) is 3.43. The highest BCUT2D eigenvalue weighted by Crippen LogP contribution is 2.50. The van der Waals surface area contributed by atoms with Crippen LogP contribution in [0.4, 0.5) is 22.5 Å². The second kappa shape index (κ2) is 12.4. The SMILES string of the molecule is Cc1nc(Nc2ncc(C(=O)Nc3cc(C(N)C4C(C)C(C)C4C)ccc3C)s2)cc(N2CCN(CCO)CC2)n1. The van der Waals surface area contributed by atoms with Gasteiger partial charge in [0.05, 0.1) is 12.8 Å². The lowest BCUT2D eigenvalue weighted by molar-refractivity contribution is -0.00357. The van der Waals surface area contributed by atoms with E-state index >= 15 is 0 Å². The van der Waals surface area contributed by atoms with Crippen LogP contribution in [-0.4, -0.2) is 70.2 Å². The molecule has 220 valence electrons. The van der Waals surface area contributed by atoms with Gasteiger partial charge in [0.1, 0.15) is 22.3 Å². The number of nitrogens with zero attached hydrogens (tertiary/aromatic N) is 5. The number of nitrogens with one attached hydrogen (secondary N) is 2. The van der Waals surface area contributed by atoms with E-state index < -0.39 is 0 Å². The molecule has 5 rings (SSSR count). The minimum atomic E-state index is -0.205. The minimum Gasteiger partial charge on any atom is -0.395 e. The summed E-state index contributed by atoms with van der Waals surface area (Å²) in [6.07, 6.45) is 1.59. The van der Waals surface area contributed by atoms with E-state index in [1.54, 1.807) is 6.20 Å². The number of carbonyl (C=O) groups excluding carboxylic acids is 1. The summed E-state index contributed by atoms with van der Waals surface area (Å²) in [5, 5.41) is 16.1. The van der Waals surface area contributed by atoms with Crippen LogP contribution >= 0.6 is 11.3 Å². The van der Waals surface area contributed by atoms with E-state index in [0.717, 1.165) is 48.8 Å². The van der Waals surface area contributed by atoms with E-state index in [4.69, 9.17) is 5.73 Å². The van der Waals surface area contributed by atoms with E-state index in [-0.39, 0.29) is 18.6 Å². The summed E-state index contributed by atoms with van der Waals surface area (Å²) in [5.41, 5.74) is 9.53. The fourth-order valence-electron chi connectivity index (χ4n) is 6.22. The van der Waals surface area contributed by atoms with Gasteiger partial charge in [-0.2, -0.15) is 0 Å². The quantitative estimate of drug-likeness (QED) is 0.295. The Morgan fingerprint density at radius 2 is 1.83 bits per heavy atom. The normalized spacial score (nSPS) is 23.6. The first kappa shape index (κ1) is 29.4. The molecule has 2 fully saturated rings.